The van der Waals surface area contributed by atoms with E-state index in [0.717, 1.165) is 12.1 Å². The SMILES string of the molecule is COC(=O)CCC(=O)c1cccc(OC(F)(F)F)c1. The van der Waals surface area contributed by atoms with Crippen LogP contribution in [0.2, 0.25) is 0 Å². The Morgan fingerprint density at radius 1 is 1.21 bits per heavy atom. The molecule has 0 N–H and O–H groups in total. The van der Waals surface area contributed by atoms with Gasteiger partial charge in [-0.05, 0) is 12.1 Å². The van der Waals surface area contributed by atoms with Crippen LogP contribution in [0, 0.1) is 0 Å². The van der Waals surface area contributed by atoms with E-state index in [0.29, 0.717) is 0 Å². The number of benzene rings is 1. The normalized spacial score (nSPS) is 10.9. The highest BCUT2D eigenvalue weighted by Crippen LogP contribution is 2.23. The van der Waals surface area contributed by atoms with E-state index in [1.807, 2.05) is 0 Å². The molecule has 0 bridgehead atoms. The van der Waals surface area contributed by atoms with Gasteiger partial charge in [-0.1, -0.05) is 12.1 Å². The molecule has 4 nitrogen and oxygen atoms in total. The second-order valence-corrected chi connectivity index (χ2v) is 3.57. The van der Waals surface area contributed by atoms with Gasteiger partial charge in [0.15, 0.2) is 5.78 Å². The van der Waals surface area contributed by atoms with E-state index in [1.54, 1.807) is 0 Å². The van der Waals surface area contributed by atoms with E-state index >= 15 is 0 Å². The van der Waals surface area contributed by atoms with Crippen LogP contribution in [0.25, 0.3) is 0 Å². The van der Waals surface area contributed by atoms with Crippen molar-refractivity contribution in [3.8, 4) is 5.75 Å². The van der Waals surface area contributed by atoms with Gasteiger partial charge in [-0.3, -0.25) is 9.59 Å². The van der Waals surface area contributed by atoms with Crippen LogP contribution in [0.3, 0.4) is 0 Å². The Hall–Kier alpha value is -2.05. The van der Waals surface area contributed by atoms with Gasteiger partial charge in [0.1, 0.15) is 5.75 Å². The van der Waals surface area contributed by atoms with Crippen LogP contribution in [-0.4, -0.2) is 25.2 Å². The molecule has 0 aromatic heterocycles. The zero-order chi connectivity index (χ0) is 14.5. The van der Waals surface area contributed by atoms with Crippen molar-refractivity contribution in [1.82, 2.24) is 0 Å². The molecule has 0 fully saturated rings. The molecule has 0 spiro atoms. The summed E-state index contributed by atoms with van der Waals surface area (Å²) in [5.41, 5.74) is 0.0469. The first-order valence-electron chi connectivity index (χ1n) is 5.27. The summed E-state index contributed by atoms with van der Waals surface area (Å²) in [6.45, 7) is 0. The number of Topliss-reactive ketones (excluding diaryl/α,β-unsaturated/α-hetero) is 1. The third kappa shape index (κ3) is 5.41. The number of hydrogen-bond acceptors (Lipinski definition) is 4. The Balaban J connectivity index is 2.70. The van der Waals surface area contributed by atoms with E-state index in [9.17, 15) is 22.8 Å². The molecule has 1 rings (SSSR count). The molecule has 104 valence electrons. The third-order valence-corrected chi connectivity index (χ3v) is 2.17. The van der Waals surface area contributed by atoms with E-state index in [1.165, 1.54) is 19.2 Å². The van der Waals surface area contributed by atoms with Crippen molar-refractivity contribution >= 4 is 11.8 Å². The highest BCUT2D eigenvalue weighted by atomic mass is 19.4. The van der Waals surface area contributed by atoms with Gasteiger partial charge >= 0.3 is 12.3 Å². The van der Waals surface area contributed by atoms with Gasteiger partial charge in [-0.25, -0.2) is 0 Å². The molecular weight excluding hydrogens is 265 g/mol. The average molecular weight is 276 g/mol. The molecule has 0 radical (unpaired) electrons. The van der Waals surface area contributed by atoms with Gasteiger partial charge in [0.2, 0.25) is 0 Å². The molecular formula is C12H11F3O4. The first-order chi connectivity index (χ1) is 8.81. The molecule has 1 aromatic carbocycles. The number of ether oxygens (including phenoxy) is 2. The Morgan fingerprint density at radius 2 is 1.89 bits per heavy atom. The fraction of sp³-hybridized carbons (Fsp3) is 0.333. The summed E-state index contributed by atoms with van der Waals surface area (Å²) in [5, 5.41) is 0. The number of ketones is 1. The van der Waals surface area contributed by atoms with Gasteiger partial charge in [-0.2, -0.15) is 0 Å². The third-order valence-electron chi connectivity index (χ3n) is 2.17. The molecule has 0 amide bonds. The van der Waals surface area contributed by atoms with Gasteiger partial charge < -0.3 is 9.47 Å². The Labute approximate surface area is 107 Å². The minimum Gasteiger partial charge on any atom is -0.469 e. The first-order valence-corrected chi connectivity index (χ1v) is 5.27. The molecule has 0 saturated carbocycles. The lowest BCUT2D eigenvalue weighted by Gasteiger charge is -2.09. The zero-order valence-electron chi connectivity index (χ0n) is 9.99. The highest BCUT2D eigenvalue weighted by molar-refractivity contribution is 5.97. The quantitative estimate of drug-likeness (QED) is 0.613. The van der Waals surface area contributed by atoms with Crippen LogP contribution < -0.4 is 4.74 Å². The number of halogens is 3. The largest absolute Gasteiger partial charge is 0.573 e. The summed E-state index contributed by atoms with van der Waals surface area (Å²) in [7, 11) is 1.19. The minimum atomic E-state index is -4.81. The zero-order valence-corrected chi connectivity index (χ0v) is 9.99. The lowest BCUT2D eigenvalue weighted by atomic mass is 10.1. The van der Waals surface area contributed by atoms with Crippen molar-refractivity contribution in [2.45, 2.75) is 19.2 Å². The summed E-state index contributed by atoms with van der Waals surface area (Å²) >= 11 is 0. The minimum absolute atomic E-state index is 0.0469. The number of alkyl halides is 3. The first kappa shape index (κ1) is 15.0. The molecule has 19 heavy (non-hydrogen) atoms. The van der Waals surface area contributed by atoms with Crippen molar-refractivity contribution < 1.29 is 32.2 Å². The molecule has 7 heteroatoms. The summed E-state index contributed by atoms with van der Waals surface area (Å²) < 4.78 is 44.1. The van der Waals surface area contributed by atoms with E-state index in [-0.39, 0.29) is 18.4 Å². The van der Waals surface area contributed by atoms with Gasteiger partial charge in [-0.15, -0.1) is 13.2 Å². The van der Waals surface area contributed by atoms with E-state index < -0.39 is 23.9 Å². The molecule has 0 aliphatic carbocycles. The number of carbonyl (C=O) groups excluding carboxylic acids is 2. The summed E-state index contributed by atoms with van der Waals surface area (Å²) in [4.78, 5) is 22.5. The molecule has 0 unspecified atom stereocenters. The van der Waals surface area contributed by atoms with Crippen molar-refractivity contribution in [2.24, 2.45) is 0 Å². The standard InChI is InChI=1S/C12H11F3O4/c1-18-11(17)6-5-10(16)8-3-2-4-9(7-8)19-12(13,14)15/h2-4,7H,5-6H2,1H3. The van der Waals surface area contributed by atoms with Crippen LogP contribution in [0.1, 0.15) is 23.2 Å². The number of esters is 1. The molecule has 0 aliphatic heterocycles. The van der Waals surface area contributed by atoms with E-state index in [2.05, 4.69) is 9.47 Å². The van der Waals surface area contributed by atoms with Crippen LogP contribution in [0.5, 0.6) is 5.75 Å². The number of rotatable bonds is 5. The maximum absolute atomic E-state index is 12.0. The predicted molar refractivity (Wildman–Crippen MR) is 58.7 cm³/mol. The average Bonchev–Trinajstić information content (AvgIpc) is 2.33. The molecule has 0 atom stereocenters. The Kier molecular flexibility index (Phi) is 4.91. The second kappa shape index (κ2) is 6.21. The summed E-state index contributed by atoms with van der Waals surface area (Å²) in [5.74, 6) is -1.49. The maximum Gasteiger partial charge on any atom is 0.573 e. The smallest absolute Gasteiger partial charge is 0.469 e. The van der Waals surface area contributed by atoms with Gasteiger partial charge in [0.05, 0.1) is 13.5 Å². The number of methoxy groups -OCH3 is 1. The fourth-order valence-corrected chi connectivity index (χ4v) is 1.33. The number of carbonyl (C=O) groups is 2. The molecule has 0 aliphatic rings. The highest BCUT2D eigenvalue weighted by Gasteiger charge is 2.31. The number of hydrogen-bond donors (Lipinski definition) is 0. The molecule has 0 saturated heterocycles. The van der Waals surface area contributed by atoms with Crippen molar-refractivity contribution in [3.63, 3.8) is 0 Å². The molecule has 1 aromatic rings. The Morgan fingerprint density at radius 3 is 2.47 bits per heavy atom. The lowest BCUT2D eigenvalue weighted by Crippen LogP contribution is -2.17. The second-order valence-electron chi connectivity index (χ2n) is 3.57. The summed E-state index contributed by atoms with van der Waals surface area (Å²) in [6, 6.07) is 4.69. The predicted octanol–water partition coefficient (Wildman–Crippen LogP) is 2.72. The molecule has 0 heterocycles. The Bertz CT molecular complexity index is 468. The van der Waals surface area contributed by atoms with Gasteiger partial charge in [0.25, 0.3) is 0 Å². The monoisotopic (exact) mass is 276 g/mol. The van der Waals surface area contributed by atoms with Crippen LogP contribution >= 0.6 is 0 Å². The van der Waals surface area contributed by atoms with Crippen LogP contribution in [0.4, 0.5) is 13.2 Å². The van der Waals surface area contributed by atoms with Crippen molar-refractivity contribution in [3.05, 3.63) is 29.8 Å². The van der Waals surface area contributed by atoms with Crippen LogP contribution in [-0.2, 0) is 9.53 Å². The van der Waals surface area contributed by atoms with Crippen LogP contribution in [0.15, 0.2) is 24.3 Å². The van der Waals surface area contributed by atoms with Crippen molar-refractivity contribution in [2.75, 3.05) is 7.11 Å². The van der Waals surface area contributed by atoms with Gasteiger partial charge in [0, 0.05) is 12.0 Å². The summed E-state index contributed by atoms with van der Waals surface area (Å²) in [6.07, 6.45) is -5.07. The fourth-order valence-electron chi connectivity index (χ4n) is 1.33. The van der Waals surface area contributed by atoms with E-state index in [4.69, 9.17) is 0 Å². The lowest BCUT2D eigenvalue weighted by molar-refractivity contribution is -0.274. The van der Waals surface area contributed by atoms with Crippen molar-refractivity contribution in [1.29, 1.82) is 0 Å². The topological polar surface area (TPSA) is 52.6 Å². The maximum atomic E-state index is 12.0.